The first-order valence-electron chi connectivity index (χ1n) is 31.5. The van der Waals surface area contributed by atoms with E-state index in [1.165, 1.54) is 144 Å². The molecule has 6 aliphatic rings. The molecule has 1 saturated carbocycles. The number of anilines is 5. The average Bonchev–Trinajstić information content (AvgIpc) is 2.41. The maximum Gasteiger partial charge on any atom is 0.292 e. The highest BCUT2D eigenvalue weighted by atomic mass is 16.3. The fraction of sp³-hybridized carbons (Fsp3) is 0.506. The Labute approximate surface area is 489 Å². The first kappa shape index (κ1) is 54.8. The Bertz CT molecular complexity index is 3750. The fourth-order valence-electron chi connectivity index (χ4n) is 17.0. The van der Waals surface area contributed by atoms with E-state index in [0.29, 0.717) is 0 Å². The van der Waals surface area contributed by atoms with E-state index in [-0.39, 0.29) is 61.5 Å². The van der Waals surface area contributed by atoms with Crippen LogP contribution in [0.5, 0.6) is 0 Å². The number of fused-ring (bicyclic) bond motifs is 11. The van der Waals surface area contributed by atoms with Gasteiger partial charge in [0.25, 0.3) is 6.71 Å². The maximum atomic E-state index is 7.95. The third-order valence-electron chi connectivity index (χ3n) is 22.8. The molecule has 0 spiro atoms. The van der Waals surface area contributed by atoms with Gasteiger partial charge in [0.1, 0.15) is 5.58 Å². The Morgan fingerprint density at radius 2 is 1.05 bits per heavy atom. The topological polar surface area (TPSA) is 19.6 Å². The number of hydrogen-bond donors (Lipinski definition) is 0. The SMILES string of the molecule is Cc1cc(C(C)(C)C)ccc1N(c1cc2c3c(c1)N1c4c(cc(C(C)(C)C)cc4C4(C)CCCCC14C)B3c1oc3cc4c(cc3c1C2c1ccc2c(c1)C(C)(C)CCC2(C)C)C(C)(C)CCC4(C)C)c1ccc(C(C)(C)C)cc1C. The van der Waals surface area contributed by atoms with Crippen LogP contribution in [0.1, 0.15) is 261 Å². The molecular weight excluding hydrogens is 980 g/mol. The molecule has 7 aromatic rings. The van der Waals surface area contributed by atoms with Crippen LogP contribution >= 0.6 is 0 Å². The molecule has 0 N–H and O–H groups in total. The minimum atomic E-state index is -0.156. The third-order valence-corrected chi connectivity index (χ3v) is 22.8. The van der Waals surface area contributed by atoms with Crippen LogP contribution in [-0.2, 0) is 43.3 Å². The summed E-state index contributed by atoms with van der Waals surface area (Å²) in [5, 5.41) is 1.30. The average molecular weight is 1080 g/mol. The van der Waals surface area contributed by atoms with Crippen molar-refractivity contribution in [3.63, 3.8) is 0 Å². The lowest BCUT2D eigenvalue weighted by atomic mass is 9.33. The summed E-state index contributed by atoms with van der Waals surface area (Å²) in [4.78, 5) is 5.63. The smallest absolute Gasteiger partial charge is 0.292 e. The fourth-order valence-corrected chi connectivity index (χ4v) is 17.0. The van der Waals surface area contributed by atoms with Gasteiger partial charge in [0.2, 0.25) is 0 Å². The van der Waals surface area contributed by atoms with Gasteiger partial charge in [-0.25, -0.2) is 0 Å². The van der Waals surface area contributed by atoms with Crippen LogP contribution in [0.25, 0.3) is 11.0 Å². The molecule has 3 nitrogen and oxygen atoms in total. The van der Waals surface area contributed by atoms with Gasteiger partial charge in [0.05, 0.1) is 11.2 Å². The highest BCUT2D eigenvalue weighted by Crippen LogP contribution is 2.63. The lowest BCUT2D eigenvalue weighted by molar-refractivity contribution is 0.195. The van der Waals surface area contributed by atoms with E-state index in [0.717, 1.165) is 30.5 Å². The Balaban J connectivity index is 1.21. The second-order valence-corrected chi connectivity index (χ2v) is 33.1. The number of rotatable bonds is 4. The molecule has 3 unspecified atom stereocenters. The summed E-state index contributed by atoms with van der Waals surface area (Å²) in [5.74, 6) is -0.0920. The molecule has 3 aliphatic carbocycles. The summed E-state index contributed by atoms with van der Waals surface area (Å²) in [6, 6.07) is 38.3. The molecule has 422 valence electrons. The Kier molecular flexibility index (Phi) is 11.6. The largest absolute Gasteiger partial charge is 0.470 e. The van der Waals surface area contributed by atoms with E-state index >= 15 is 0 Å². The van der Waals surface area contributed by atoms with Gasteiger partial charge in [-0.1, -0.05) is 192 Å². The lowest BCUT2D eigenvalue weighted by Crippen LogP contribution is -2.64. The predicted octanol–water partition coefficient (Wildman–Crippen LogP) is 19.2. The van der Waals surface area contributed by atoms with Gasteiger partial charge in [0.15, 0.2) is 0 Å². The van der Waals surface area contributed by atoms with Gasteiger partial charge < -0.3 is 14.2 Å². The van der Waals surface area contributed by atoms with Gasteiger partial charge in [0, 0.05) is 50.7 Å². The van der Waals surface area contributed by atoms with E-state index in [1.54, 1.807) is 5.56 Å². The highest BCUT2D eigenvalue weighted by molar-refractivity contribution is 6.98. The van der Waals surface area contributed by atoms with Crippen LogP contribution in [-0.4, -0.2) is 12.3 Å². The quantitative estimate of drug-likeness (QED) is 0.164. The van der Waals surface area contributed by atoms with Crippen LogP contribution in [0, 0.1) is 13.8 Å². The first-order valence-corrected chi connectivity index (χ1v) is 31.5. The van der Waals surface area contributed by atoms with Gasteiger partial charge in [-0.2, -0.15) is 0 Å². The molecule has 3 aliphatic heterocycles. The zero-order valence-electron chi connectivity index (χ0n) is 53.8. The molecule has 0 bridgehead atoms. The van der Waals surface area contributed by atoms with Crippen LogP contribution < -0.4 is 26.4 Å². The minimum Gasteiger partial charge on any atom is -0.470 e. The molecule has 3 atom stereocenters. The third kappa shape index (κ3) is 7.85. The molecule has 1 aromatic heterocycles. The molecule has 0 saturated heterocycles. The van der Waals surface area contributed by atoms with E-state index < -0.39 is 0 Å². The van der Waals surface area contributed by atoms with Crippen molar-refractivity contribution in [2.45, 2.75) is 252 Å². The van der Waals surface area contributed by atoms with E-state index in [4.69, 9.17) is 4.42 Å². The molecule has 0 amide bonds. The lowest BCUT2D eigenvalue weighted by Gasteiger charge is -2.52. The normalized spacial score (nSPS) is 23.5. The maximum absolute atomic E-state index is 7.95. The van der Waals surface area contributed by atoms with Gasteiger partial charge in [-0.05, 0) is 211 Å². The summed E-state index contributed by atoms with van der Waals surface area (Å²) in [5.41, 5.74) is 30.0. The number of furan rings is 1. The molecule has 1 fully saturated rings. The van der Waals surface area contributed by atoms with E-state index in [2.05, 4.69) is 246 Å². The standard InChI is InChI=1S/C77H95BN2O/c1-45-36-48(69(3,4)5)25-28-60(45)79(61-29-26-49(37-46(61)2)70(6,7)8)51-41-53-64(47-24-27-54-55(38-47)73(14,15)33-32-72(54,12)13)65-52-43-56-57(75(18,19)35-34-74(56,16)17)44-63(52)81-68(65)78-59-40-50(71(9,10)11)39-58-67(59)80(62(42-51)66(53)78)77(21)31-23-22-30-76(58,77)20/h24-29,36-44,64H,22-23,30-35H2,1-21H3. The molecule has 0 radical (unpaired) electrons. The van der Waals surface area contributed by atoms with E-state index in [1.807, 2.05) is 0 Å². The molecule has 81 heavy (non-hydrogen) atoms. The minimum absolute atomic E-state index is 0.0142. The molecule has 4 heterocycles. The predicted molar refractivity (Wildman–Crippen MR) is 348 cm³/mol. The summed E-state index contributed by atoms with van der Waals surface area (Å²) < 4.78 is 7.95. The number of nitrogens with zero attached hydrogens (tertiary/aromatic N) is 2. The van der Waals surface area contributed by atoms with Crippen LogP contribution in [0.4, 0.5) is 28.4 Å². The van der Waals surface area contributed by atoms with E-state index in [9.17, 15) is 0 Å². The van der Waals surface area contributed by atoms with Crippen molar-refractivity contribution in [1.29, 1.82) is 0 Å². The highest BCUT2D eigenvalue weighted by Gasteiger charge is 2.62. The molecule has 6 aromatic carbocycles. The Morgan fingerprint density at radius 1 is 0.519 bits per heavy atom. The summed E-state index contributed by atoms with van der Waals surface area (Å²) in [7, 11) is 0. The van der Waals surface area contributed by atoms with Crippen molar-refractivity contribution >= 4 is 62.7 Å². The van der Waals surface area contributed by atoms with Gasteiger partial charge in [-0.3, -0.25) is 0 Å². The number of hydrogen-bond acceptors (Lipinski definition) is 3. The molecule has 13 rings (SSSR count). The van der Waals surface area contributed by atoms with Gasteiger partial charge in [-0.15, -0.1) is 0 Å². The summed E-state index contributed by atoms with van der Waals surface area (Å²) >= 11 is 0. The van der Waals surface area contributed by atoms with Crippen molar-refractivity contribution in [2.24, 2.45) is 0 Å². The Hall–Kier alpha value is -5.48. The van der Waals surface area contributed by atoms with Gasteiger partial charge >= 0.3 is 0 Å². The van der Waals surface area contributed by atoms with Crippen LogP contribution in [0.2, 0.25) is 0 Å². The Morgan fingerprint density at radius 3 is 1.60 bits per heavy atom. The van der Waals surface area contributed by atoms with Crippen molar-refractivity contribution in [1.82, 2.24) is 0 Å². The van der Waals surface area contributed by atoms with Crippen molar-refractivity contribution in [3.05, 3.63) is 163 Å². The second-order valence-electron chi connectivity index (χ2n) is 33.1. The monoisotopic (exact) mass is 1070 g/mol. The molecule has 4 heteroatoms. The number of aryl methyl sites for hydroxylation is 2. The zero-order valence-corrected chi connectivity index (χ0v) is 53.8. The van der Waals surface area contributed by atoms with Crippen LogP contribution in [0.3, 0.4) is 0 Å². The molecular formula is C77H95BN2O. The zero-order chi connectivity index (χ0) is 58.1. The first-order chi connectivity index (χ1) is 37.6. The van der Waals surface area contributed by atoms with Crippen LogP contribution in [0.15, 0.2) is 95.4 Å². The van der Waals surface area contributed by atoms with Crippen molar-refractivity contribution in [2.75, 3.05) is 9.80 Å². The van der Waals surface area contributed by atoms with Crippen molar-refractivity contribution in [3.8, 4) is 0 Å². The van der Waals surface area contributed by atoms with Crippen molar-refractivity contribution < 1.29 is 4.42 Å². The summed E-state index contributed by atoms with van der Waals surface area (Å²) in [6.07, 6.45) is 9.47. The second kappa shape index (κ2) is 17.1. The number of benzene rings is 6. The summed E-state index contributed by atoms with van der Waals surface area (Å²) in [6.45, 7) is 51.2.